The molecule has 1 N–H and O–H groups in total. The van der Waals surface area contributed by atoms with Gasteiger partial charge in [0.25, 0.3) is 5.91 Å². The summed E-state index contributed by atoms with van der Waals surface area (Å²) in [5.41, 5.74) is 2.64. The van der Waals surface area contributed by atoms with Crippen LogP contribution in [0.25, 0.3) is 0 Å². The molecular formula is C17H18N2O2S2. The monoisotopic (exact) mass is 346 g/mol. The summed E-state index contributed by atoms with van der Waals surface area (Å²) in [7, 11) is 4.67. The second-order valence-corrected chi connectivity index (χ2v) is 7.28. The number of rotatable bonds is 6. The fourth-order valence-electron chi connectivity index (χ4n) is 2.07. The highest BCUT2D eigenvalue weighted by molar-refractivity contribution is 8.76. The molecule has 120 valence electrons. The molecule has 0 aliphatic rings. The first-order chi connectivity index (χ1) is 11.1. The van der Waals surface area contributed by atoms with Crippen molar-refractivity contribution >= 4 is 27.5 Å². The van der Waals surface area contributed by atoms with Gasteiger partial charge in [0.05, 0.1) is 5.56 Å². The van der Waals surface area contributed by atoms with Gasteiger partial charge in [-0.25, -0.2) is 0 Å². The van der Waals surface area contributed by atoms with Crippen molar-refractivity contribution in [1.82, 2.24) is 5.32 Å². The van der Waals surface area contributed by atoms with Gasteiger partial charge in [0, 0.05) is 16.8 Å². The Kier molecular flexibility index (Phi) is 6.24. The Morgan fingerprint density at radius 2 is 1.83 bits per heavy atom. The number of aryl methyl sites for hydroxylation is 1. The fourth-order valence-corrected chi connectivity index (χ4v) is 4.61. The first-order valence-electron chi connectivity index (χ1n) is 7.15. The molecule has 4 nitrogen and oxygen atoms in total. The molecule has 1 unspecified atom stereocenters. The number of amides is 1. The number of carbonyl (C=O) groups excluding carboxylic acids is 1. The van der Waals surface area contributed by atoms with Crippen LogP contribution in [0.4, 0.5) is 0 Å². The summed E-state index contributed by atoms with van der Waals surface area (Å²) in [5, 5.41) is 5.77. The zero-order valence-electron chi connectivity index (χ0n) is 13.2. The van der Waals surface area contributed by atoms with Gasteiger partial charge in [-0.15, -0.1) is 0 Å². The Bertz CT molecular complexity index is 719. The summed E-state index contributed by atoms with van der Waals surface area (Å²) in [6.07, 6.45) is 0. The van der Waals surface area contributed by atoms with E-state index in [0.717, 1.165) is 20.9 Å². The summed E-state index contributed by atoms with van der Waals surface area (Å²) in [5.74, 6) is -0.107. The summed E-state index contributed by atoms with van der Waals surface area (Å²) in [6.45, 7) is 3.77. The van der Waals surface area contributed by atoms with E-state index in [1.54, 1.807) is 14.0 Å². The topological polar surface area (TPSA) is 58.5 Å². The third kappa shape index (κ3) is 4.36. The molecule has 0 bridgehead atoms. The Balaban J connectivity index is 2.27. The molecule has 0 heterocycles. The van der Waals surface area contributed by atoms with Crippen LogP contribution in [0.3, 0.4) is 0 Å². The van der Waals surface area contributed by atoms with Gasteiger partial charge in [-0.05, 0) is 43.2 Å². The van der Waals surface area contributed by atoms with Gasteiger partial charge in [-0.1, -0.05) is 51.0 Å². The van der Waals surface area contributed by atoms with Gasteiger partial charge in [0.2, 0.25) is 0 Å². The van der Waals surface area contributed by atoms with Crippen molar-refractivity contribution in [3.8, 4) is 0 Å². The van der Waals surface area contributed by atoms with E-state index in [9.17, 15) is 9.70 Å². The van der Waals surface area contributed by atoms with E-state index in [4.69, 9.17) is 0 Å². The minimum atomic E-state index is -0.393. The summed E-state index contributed by atoms with van der Waals surface area (Å²) in [6, 6.07) is 13.1. The molecule has 0 fully saturated rings. The van der Waals surface area contributed by atoms with E-state index in [-0.39, 0.29) is 5.91 Å². The first-order valence-corrected chi connectivity index (χ1v) is 9.30. The van der Waals surface area contributed by atoms with Gasteiger partial charge < -0.3 is 5.32 Å². The van der Waals surface area contributed by atoms with Gasteiger partial charge in [0.15, 0.2) is 0 Å². The van der Waals surface area contributed by atoms with Crippen LogP contribution in [0, 0.1) is 11.8 Å². The molecule has 0 aliphatic heterocycles. The van der Waals surface area contributed by atoms with Crippen LogP contribution in [0.5, 0.6) is 0 Å². The van der Waals surface area contributed by atoms with Crippen LogP contribution >= 0.6 is 21.6 Å². The lowest BCUT2D eigenvalue weighted by molar-refractivity contribution is 0.0960. The SMILES string of the molecule is CNC(=O)c1ccc(C)cc1SSc1ccccc1C(C)N=O. The molecular weight excluding hydrogens is 328 g/mol. The maximum absolute atomic E-state index is 12.0. The van der Waals surface area contributed by atoms with Crippen LogP contribution in [-0.4, -0.2) is 13.0 Å². The molecule has 0 saturated heterocycles. The third-order valence-corrected chi connectivity index (χ3v) is 5.84. The molecule has 0 spiro atoms. The quantitative estimate of drug-likeness (QED) is 0.592. The predicted octanol–water partition coefficient (Wildman–Crippen LogP) is 4.98. The van der Waals surface area contributed by atoms with Gasteiger partial charge in [0.1, 0.15) is 6.04 Å². The van der Waals surface area contributed by atoms with Crippen LogP contribution in [0.2, 0.25) is 0 Å². The smallest absolute Gasteiger partial charge is 0.252 e. The lowest BCUT2D eigenvalue weighted by atomic mass is 10.1. The Hall–Kier alpha value is -1.79. The van der Waals surface area contributed by atoms with E-state index >= 15 is 0 Å². The molecule has 0 radical (unpaired) electrons. The zero-order valence-corrected chi connectivity index (χ0v) is 14.8. The normalized spacial score (nSPS) is 11.8. The standard InChI is InChI=1S/C17H18N2O2S2/c1-11-8-9-14(17(20)18-3)16(10-11)23-22-15-7-5-4-6-13(15)12(2)19-21/h4-10,12H,1-3H3,(H,18,20). The number of nitrogens with one attached hydrogen (secondary N) is 1. The molecule has 0 aliphatic carbocycles. The van der Waals surface area contributed by atoms with Crippen molar-refractivity contribution in [2.24, 2.45) is 5.18 Å². The molecule has 1 amide bonds. The molecule has 2 aromatic rings. The second kappa shape index (κ2) is 8.17. The predicted molar refractivity (Wildman–Crippen MR) is 96.9 cm³/mol. The van der Waals surface area contributed by atoms with E-state index in [2.05, 4.69) is 10.5 Å². The van der Waals surface area contributed by atoms with E-state index in [1.807, 2.05) is 49.4 Å². The summed E-state index contributed by atoms with van der Waals surface area (Å²) in [4.78, 5) is 24.7. The zero-order chi connectivity index (χ0) is 16.8. The molecule has 0 saturated carbocycles. The third-order valence-electron chi connectivity index (χ3n) is 3.36. The van der Waals surface area contributed by atoms with Crippen molar-refractivity contribution in [1.29, 1.82) is 0 Å². The first kappa shape index (κ1) is 17.6. The Morgan fingerprint density at radius 1 is 1.13 bits per heavy atom. The van der Waals surface area contributed by atoms with Crippen molar-refractivity contribution in [3.05, 3.63) is 64.1 Å². The number of nitroso groups, excluding NO2 is 1. The maximum Gasteiger partial charge on any atom is 0.252 e. The number of nitrogens with zero attached hydrogens (tertiary/aromatic N) is 1. The largest absolute Gasteiger partial charge is 0.355 e. The van der Waals surface area contributed by atoms with Crippen molar-refractivity contribution < 1.29 is 4.79 Å². The summed E-state index contributed by atoms with van der Waals surface area (Å²) >= 11 is 0. The minimum Gasteiger partial charge on any atom is -0.355 e. The van der Waals surface area contributed by atoms with Crippen LogP contribution in [-0.2, 0) is 0 Å². The van der Waals surface area contributed by atoms with Crippen LogP contribution in [0.15, 0.2) is 57.4 Å². The van der Waals surface area contributed by atoms with E-state index in [0.29, 0.717) is 5.56 Å². The Labute approximate surface area is 143 Å². The van der Waals surface area contributed by atoms with E-state index < -0.39 is 6.04 Å². The number of carbonyl (C=O) groups is 1. The average molecular weight is 346 g/mol. The molecule has 2 rings (SSSR count). The number of benzene rings is 2. The van der Waals surface area contributed by atoms with Gasteiger partial charge in [-0.3, -0.25) is 4.79 Å². The van der Waals surface area contributed by atoms with Crippen molar-refractivity contribution in [2.45, 2.75) is 29.7 Å². The van der Waals surface area contributed by atoms with E-state index in [1.165, 1.54) is 21.6 Å². The van der Waals surface area contributed by atoms with Crippen LogP contribution in [0.1, 0.15) is 34.5 Å². The van der Waals surface area contributed by atoms with Crippen molar-refractivity contribution in [2.75, 3.05) is 7.05 Å². The number of hydrogen-bond acceptors (Lipinski definition) is 5. The molecule has 2 aromatic carbocycles. The average Bonchev–Trinajstić information content (AvgIpc) is 2.59. The minimum absolute atomic E-state index is 0.107. The van der Waals surface area contributed by atoms with Gasteiger partial charge in [-0.2, -0.15) is 4.91 Å². The Morgan fingerprint density at radius 3 is 2.52 bits per heavy atom. The highest BCUT2D eigenvalue weighted by Crippen LogP contribution is 2.42. The lowest BCUT2D eigenvalue weighted by Crippen LogP contribution is -2.18. The molecule has 23 heavy (non-hydrogen) atoms. The second-order valence-electron chi connectivity index (χ2n) is 5.06. The highest BCUT2D eigenvalue weighted by atomic mass is 33.1. The van der Waals surface area contributed by atoms with Gasteiger partial charge >= 0.3 is 0 Å². The number of hydrogen-bond donors (Lipinski definition) is 1. The maximum atomic E-state index is 12.0. The lowest BCUT2D eigenvalue weighted by Gasteiger charge is -2.12. The van der Waals surface area contributed by atoms with Crippen molar-refractivity contribution in [3.63, 3.8) is 0 Å². The molecule has 6 heteroatoms. The highest BCUT2D eigenvalue weighted by Gasteiger charge is 2.14. The molecule has 1 atom stereocenters. The summed E-state index contributed by atoms with van der Waals surface area (Å²) < 4.78 is 0. The fraction of sp³-hybridized carbons (Fsp3) is 0.235. The molecule has 0 aromatic heterocycles. The van der Waals surface area contributed by atoms with Crippen LogP contribution < -0.4 is 5.32 Å².